The summed E-state index contributed by atoms with van der Waals surface area (Å²) >= 11 is 0. The number of ether oxygens (including phenoxy) is 2. The normalized spacial score (nSPS) is 18.0. The van der Waals surface area contributed by atoms with E-state index in [9.17, 15) is 34.2 Å². The first kappa shape index (κ1) is 33.6. The van der Waals surface area contributed by atoms with Crippen LogP contribution >= 0.6 is 7.60 Å². The van der Waals surface area contributed by atoms with Gasteiger partial charge in [0.05, 0.1) is 12.6 Å². The second-order valence-corrected chi connectivity index (χ2v) is 11.8. The number of carboxylic acids is 1. The van der Waals surface area contributed by atoms with Gasteiger partial charge in [-0.15, -0.1) is 0 Å². The van der Waals surface area contributed by atoms with Gasteiger partial charge in [0.25, 0.3) is 6.47 Å². The van der Waals surface area contributed by atoms with Crippen LogP contribution in [0.25, 0.3) is 0 Å². The fourth-order valence-corrected chi connectivity index (χ4v) is 5.55. The van der Waals surface area contributed by atoms with Crippen molar-refractivity contribution >= 4 is 20.0 Å². The van der Waals surface area contributed by atoms with Crippen molar-refractivity contribution in [2.75, 3.05) is 78.5 Å². The van der Waals surface area contributed by atoms with Gasteiger partial charge in [-0.2, -0.15) is 0 Å². The fourth-order valence-electron chi connectivity index (χ4n) is 4.74. The zero-order chi connectivity index (χ0) is 30.4. The third-order valence-corrected chi connectivity index (χ3v) is 7.71. The van der Waals surface area contributed by atoms with E-state index in [0.717, 1.165) is 5.56 Å². The first-order chi connectivity index (χ1) is 20.1. The van der Waals surface area contributed by atoms with Crippen LogP contribution in [0.2, 0.25) is 0 Å². The molecule has 13 nitrogen and oxygen atoms in total. The molecule has 0 bridgehead atoms. The molecule has 2 aromatic carbocycles. The lowest BCUT2D eigenvalue weighted by Gasteiger charge is -2.34. The molecule has 0 amide bonds. The molecule has 0 radical (unpaired) electrons. The Hall–Kier alpha value is -2.87. The molecule has 0 spiro atoms. The average molecular weight is 609 g/mol. The van der Waals surface area contributed by atoms with Crippen LogP contribution in [0.15, 0.2) is 54.6 Å². The maximum Gasteiger partial charge on any atom is 0.339 e. The molecule has 1 fully saturated rings. The monoisotopic (exact) mass is 608 g/mol. The van der Waals surface area contributed by atoms with Crippen molar-refractivity contribution in [2.24, 2.45) is 0 Å². The molecule has 3 rings (SSSR count). The summed E-state index contributed by atoms with van der Waals surface area (Å²) in [6.45, 7) is 3.59. The largest absolute Gasteiger partial charge is 0.489 e. The summed E-state index contributed by atoms with van der Waals surface area (Å²) < 4.78 is 22.7. The second-order valence-electron chi connectivity index (χ2n) is 10.2. The Bertz CT molecular complexity index is 1150. The number of carbonyl (C=O) groups excluding carboxylic acids is 1. The van der Waals surface area contributed by atoms with Crippen LogP contribution in [0, 0.1) is 0 Å². The molecule has 0 saturated carbocycles. The van der Waals surface area contributed by atoms with E-state index in [1.807, 2.05) is 64.4 Å². The summed E-state index contributed by atoms with van der Waals surface area (Å²) in [5.74, 6) is -0.432. The fraction of sp³-hybridized carbons (Fsp3) is 0.500. The van der Waals surface area contributed by atoms with Gasteiger partial charge in [0.1, 0.15) is 25.4 Å². The van der Waals surface area contributed by atoms with E-state index in [0.29, 0.717) is 57.1 Å². The molecule has 1 saturated heterocycles. The number of benzene rings is 2. The summed E-state index contributed by atoms with van der Waals surface area (Å²) in [5, 5.41) is 20.8. The standard InChI is InChI=1S/C28H41N4O9P/c33-23-40-21-31-14-12-29(10-11-30(19-28(35)36)13-16-32(17-15-31)22-42(37,38)39)18-26(34)25-8-4-5-9-27(25)41-20-24-6-2-1-3-7-24/h1-9,23,26,34H,10-22H2,(H,35,36)(H2,37,38,39). The topological polar surface area (TPSA) is 164 Å². The summed E-state index contributed by atoms with van der Waals surface area (Å²) in [6.07, 6.45) is -1.35. The summed E-state index contributed by atoms with van der Waals surface area (Å²) in [4.78, 5) is 48.7. The average Bonchev–Trinajstić information content (AvgIpc) is 2.95. The van der Waals surface area contributed by atoms with Crippen molar-refractivity contribution in [3.8, 4) is 5.75 Å². The highest BCUT2D eigenvalue weighted by atomic mass is 31.2. The minimum Gasteiger partial charge on any atom is -0.489 e. The molecule has 2 aromatic rings. The number of para-hydroxylation sites is 1. The van der Waals surface area contributed by atoms with Crippen molar-refractivity contribution in [3.05, 3.63) is 65.7 Å². The number of carboxylic acid groups (broad SMARTS) is 1. The molecule has 1 aliphatic rings. The zero-order valence-electron chi connectivity index (χ0n) is 23.6. The number of aliphatic hydroxyl groups excluding tert-OH is 1. The van der Waals surface area contributed by atoms with Crippen LogP contribution in [-0.2, 0) is 25.5 Å². The van der Waals surface area contributed by atoms with Crippen LogP contribution in [0.1, 0.15) is 17.2 Å². The lowest BCUT2D eigenvalue weighted by Crippen LogP contribution is -2.48. The van der Waals surface area contributed by atoms with E-state index < -0.39 is 26.0 Å². The third kappa shape index (κ3) is 12.6. The highest BCUT2D eigenvalue weighted by Crippen LogP contribution is 2.35. The Balaban J connectivity index is 1.74. The van der Waals surface area contributed by atoms with Gasteiger partial charge in [-0.25, -0.2) is 0 Å². The Morgan fingerprint density at radius 2 is 1.43 bits per heavy atom. The van der Waals surface area contributed by atoms with Gasteiger partial charge in [-0.1, -0.05) is 48.5 Å². The first-order valence-electron chi connectivity index (χ1n) is 13.8. The van der Waals surface area contributed by atoms with Crippen molar-refractivity contribution in [3.63, 3.8) is 0 Å². The number of aliphatic carboxylic acids is 1. The molecular weight excluding hydrogens is 567 g/mol. The van der Waals surface area contributed by atoms with Crippen LogP contribution in [0.4, 0.5) is 0 Å². The van der Waals surface area contributed by atoms with E-state index in [1.165, 1.54) is 0 Å². The number of aliphatic hydroxyl groups is 1. The molecule has 0 aliphatic carbocycles. The number of carbonyl (C=O) groups is 2. The van der Waals surface area contributed by atoms with Crippen LogP contribution in [0.5, 0.6) is 5.75 Å². The molecule has 1 unspecified atom stereocenters. The minimum atomic E-state index is -4.34. The number of rotatable bonds is 13. The SMILES string of the molecule is O=COCN1CCN(CC(O)c2ccccc2OCc2ccccc2)CCN(CC(=O)O)CCN(CP(=O)(O)O)CC1. The van der Waals surface area contributed by atoms with E-state index in [4.69, 9.17) is 9.47 Å². The van der Waals surface area contributed by atoms with Crippen LogP contribution in [-0.4, -0.2) is 131 Å². The summed E-state index contributed by atoms with van der Waals surface area (Å²) in [6, 6.07) is 17.0. The molecule has 1 atom stereocenters. The zero-order valence-corrected chi connectivity index (χ0v) is 24.5. The van der Waals surface area contributed by atoms with Gasteiger partial charge in [0, 0.05) is 64.5 Å². The van der Waals surface area contributed by atoms with Gasteiger partial charge in [-0.3, -0.25) is 33.8 Å². The molecule has 4 N–H and O–H groups in total. The highest BCUT2D eigenvalue weighted by molar-refractivity contribution is 7.51. The van der Waals surface area contributed by atoms with Gasteiger partial charge in [-0.05, 0) is 11.6 Å². The van der Waals surface area contributed by atoms with E-state index >= 15 is 0 Å². The Morgan fingerprint density at radius 3 is 2.05 bits per heavy atom. The van der Waals surface area contributed by atoms with E-state index in [1.54, 1.807) is 9.80 Å². The van der Waals surface area contributed by atoms with Crippen LogP contribution < -0.4 is 4.74 Å². The molecule has 42 heavy (non-hydrogen) atoms. The molecule has 232 valence electrons. The van der Waals surface area contributed by atoms with Crippen molar-refractivity contribution in [1.82, 2.24) is 19.6 Å². The lowest BCUT2D eigenvalue weighted by molar-refractivity contribution is -0.138. The number of β-amino-alcohol motifs (C(OH)–C–C–N with tert-alkyl or cyclic N) is 1. The molecular formula is C28H41N4O9P. The van der Waals surface area contributed by atoms with Gasteiger partial charge >= 0.3 is 13.6 Å². The number of hydrogen-bond donors (Lipinski definition) is 4. The summed E-state index contributed by atoms with van der Waals surface area (Å²) in [7, 11) is -4.34. The molecule has 14 heteroatoms. The van der Waals surface area contributed by atoms with Gasteiger partial charge in [0.15, 0.2) is 0 Å². The Labute approximate surface area is 246 Å². The predicted molar refractivity (Wildman–Crippen MR) is 155 cm³/mol. The first-order valence-corrected chi connectivity index (χ1v) is 15.6. The lowest BCUT2D eigenvalue weighted by atomic mass is 10.1. The van der Waals surface area contributed by atoms with E-state index in [2.05, 4.69) is 0 Å². The number of hydrogen-bond acceptors (Lipinski definition) is 10. The Kier molecular flexibility index (Phi) is 13.8. The van der Waals surface area contributed by atoms with Crippen molar-refractivity contribution in [2.45, 2.75) is 12.7 Å². The molecule has 1 heterocycles. The highest BCUT2D eigenvalue weighted by Gasteiger charge is 2.24. The Morgan fingerprint density at radius 1 is 0.857 bits per heavy atom. The van der Waals surface area contributed by atoms with Crippen molar-refractivity contribution in [1.29, 1.82) is 0 Å². The quantitative estimate of drug-likeness (QED) is 0.187. The maximum atomic E-state index is 11.7. The van der Waals surface area contributed by atoms with Gasteiger partial charge < -0.3 is 29.5 Å². The van der Waals surface area contributed by atoms with E-state index in [-0.39, 0.29) is 39.5 Å². The maximum absolute atomic E-state index is 11.7. The second kappa shape index (κ2) is 17.3. The smallest absolute Gasteiger partial charge is 0.339 e. The number of nitrogens with zero attached hydrogens (tertiary/aromatic N) is 4. The predicted octanol–water partition coefficient (Wildman–Crippen LogP) is 0.871. The van der Waals surface area contributed by atoms with Gasteiger partial charge in [0.2, 0.25) is 0 Å². The van der Waals surface area contributed by atoms with Crippen molar-refractivity contribution < 1.29 is 43.6 Å². The molecule has 0 aromatic heterocycles. The summed E-state index contributed by atoms with van der Waals surface area (Å²) in [5.41, 5.74) is 1.64. The van der Waals surface area contributed by atoms with Crippen LogP contribution in [0.3, 0.4) is 0 Å². The minimum absolute atomic E-state index is 0.00490. The molecule has 1 aliphatic heterocycles. The third-order valence-electron chi connectivity index (χ3n) is 6.94.